The lowest BCUT2D eigenvalue weighted by atomic mass is 10.1. The number of carbonyl (C=O) groups is 1. The molecule has 2 aromatic rings. The highest BCUT2D eigenvalue weighted by Crippen LogP contribution is 2.11. The van der Waals surface area contributed by atoms with E-state index < -0.39 is 0 Å². The van der Waals surface area contributed by atoms with Gasteiger partial charge in [0.2, 0.25) is 0 Å². The second-order valence-corrected chi connectivity index (χ2v) is 5.25. The van der Waals surface area contributed by atoms with Crippen molar-refractivity contribution in [3.05, 3.63) is 59.7 Å². The minimum Gasteiger partial charge on any atom is -0.508 e. The van der Waals surface area contributed by atoms with Crippen molar-refractivity contribution < 1.29 is 9.90 Å². The van der Waals surface area contributed by atoms with E-state index in [1.54, 1.807) is 12.1 Å². The van der Waals surface area contributed by atoms with Crippen molar-refractivity contribution >= 4 is 41.5 Å². The Morgan fingerprint density at radius 3 is 2.60 bits per heavy atom. The first-order valence-corrected chi connectivity index (χ1v) is 7.81. The summed E-state index contributed by atoms with van der Waals surface area (Å²) in [6.45, 7) is 2.83. The first kappa shape index (κ1) is 20.8. The van der Waals surface area contributed by atoms with Gasteiger partial charge in [-0.2, -0.15) is 0 Å². The average molecular weight is 454 g/mol. The van der Waals surface area contributed by atoms with E-state index in [4.69, 9.17) is 5.73 Å². The molecular formula is C18H23IN4O2. The van der Waals surface area contributed by atoms with Crippen LogP contribution in [0.2, 0.25) is 0 Å². The number of amides is 1. The molecule has 134 valence electrons. The topological polar surface area (TPSA) is 99.7 Å². The normalized spacial score (nSPS) is 10.7. The third-order valence-electron chi connectivity index (χ3n) is 3.42. The molecule has 0 aromatic heterocycles. The van der Waals surface area contributed by atoms with Gasteiger partial charge in [0.1, 0.15) is 5.75 Å². The van der Waals surface area contributed by atoms with Gasteiger partial charge in [-0.1, -0.05) is 19.1 Å². The van der Waals surface area contributed by atoms with Gasteiger partial charge in [0.15, 0.2) is 5.96 Å². The molecule has 0 spiro atoms. The molecule has 0 aliphatic rings. The minimum absolute atomic E-state index is 0. The van der Waals surface area contributed by atoms with Gasteiger partial charge >= 0.3 is 0 Å². The molecule has 0 aliphatic carbocycles. The van der Waals surface area contributed by atoms with Gasteiger partial charge in [-0.3, -0.25) is 9.79 Å². The minimum atomic E-state index is -0.215. The average Bonchev–Trinajstić information content (AvgIpc) is 2.59. The number of aliphatic imine (C=N–C) groups is 1. The molecule has 0 bridgehead atoms. The molecule has 5 N–H and O–H groups in total. The van der Waals surface area contributed by atoms with Crippen molar-refractivity contribution in [2.75, 3.05) is 18.4 Å². The van der Waals surface area contributed by atoms with Crippen molar-refractivity contribution in [2.24, 2.45) is 10.7 Å². The molecule has 0 aliphatic heterocycles. The fourth-order valence-corrected chi connectivity index (χ4v) is 2.12. The Kier molecular flexibility index (Phi) is 8.76. The van der Waals surface area contributed by atoms with E-state index in [9.17, 15) is 9.90 Å². The lowest BCUT2D eigenvalue weighted by Crippen LogP contribution is -2.28. The van der Waals surface area contributed by atoms with Gasteiger partial charge in [-0.25, -0.2) is 0 Å². The van der Waals surface area contributed by atoms with Crippen LogP contribution >= 0.6 is 24.0 Å². The Hall–Kier alpha value is -2.29. The van der Waals surface area contributed by atoms with Crippen molar-refractivity contribution in [3.8, 4) is 5.75 Å². The lowest BCUT2D eigenvalue weighted by Gasteiger charge is -2.07. The summed E-state index contributed by atoms with van der Waals surface area (Å²) in [5.74, 6) is 0.219. The van der Waals surface area contributed by atoms with Crippen molar-refractivity contribution in [3.63, 3.8) is 0 Å². The molecule has 0 radical (unpaired) electrons. The zero-order valence-electron chi connectivity index (χ0n) is 14.0. The Labute approximate surface area is 164 Å². The van der Waals surface area contributed by atoms with Crippen molar-refractivity contribution in [1.29, 1.82) is 0 Å². The summed E-state index contributed by atoms with van der Waals surface area (Å²) in [6.07, 6.45) is 0.954. The van der Waals surface area contributed by atoms with Crippen LogP contribution in [0.3, 0.4) is 0 Å². The summed E-state index contributed by atoms with van der Waals surface area (Å²) in [5.41, 5.74) is 8.43. The molecule has 2 aromatic carbocycles. The van der Waals surface area contributed by atoms with Gasteiger partial charge in [-0.05, 0) is 48.4 Å². The van der Waals surface area contributed by atoms with E-state index in [0.29, 0.717) is 24.6 Å². The lowest BCUT2D eigenvalue weighted by molar-refractivity contribution is 0.0955. The van der Waals surface area contributed by atoms with Crippen LogP contribution < -0.4 is 16.4 Å². The van der Waals surface area contributed by atoms with Gasteiger partial charge in [0.05, 0.1) is 6.54 Å². The summed E-state index contributed by atoms with van der Waals surface area (Å²) in [4.78, 5) is 16.1. The number of nitrogens with zero attached hydrogens (tertiary/aromatic N) is 1. The predicted molar refractivity (Wildman–Crippen MR) is 112 cm³/mol. The van der Waals surface area contributed by atoms with Crippen LogP contribution in [0.1, 0.15) is 22.8 Å². The number of hydrogen-bond donors (Lipinski definition) is 4. The summed E-state index contributed by atoms with van der Waals surface area (Å²) >= 11 is 0. The molecule has 0 atom stereocenters. The first-order valence-electron chi connectivity index (χ1n) is 7.81. The van der Waals surface area contributed by atoms with Crippen molar-refractivity contribution in [1.82, 2.24) is 5.32 Å². The molecule has 0 fully saturated rings. The molecule has 2 rings (SSSR count). The summed E-state index contributed by atoms with van der Waals surface area (Å²) in [6, 6.07) is 14.0. The Morgan fingerprint density at radius 2 is 1.92 bits per heavy atom. The number of aryl methyl sites for hydroxylation is 1. The molecule has 0 unspecified atom stereocenters. The molecule has 6 nitrogen and oxygen atoms in total. The van der Waals surface area contributed by atoms with Gasteiger partial charge in [0, 0.05) is 17.8 Å². The predicted octanol–water partition coefficient (Wildman–Crippen LogP) is 2.73. The largest absolute Gasteiger partial charge is 0.508 e. The van der Waals surface area contributed by atoms with Crippen LogP contribution in [-0.2, 0) is 6.42 Å². The second kappa shape index (κ2) is 10.5. The monoisotopic (exact) mass is 454 g/mol. The number of benzene rings is 2. The number of hydrogen-bond acceptors (Lipinski definition) is 3. The van der Waals surface area contributed by atoms with Crippen LogP contribution in [0, 0.1) is 0 Å². The van der Waals surface area contributed by atoms with Crippen LogP contribution in [-0.4, -0.2) is 30.1 Å². The van der Waals surface area contributed by atoms with Crippen LogP contribution in [0.25, 0.3) is 0 Å². The number of rotatable bonds is 6. The third-order valence-corrected chi connectivity index (χ3v) is 3.42. The van der Waals surface area contributed by atoms with E-state index in [-0.39, 0.29) is 35.6 Å². The number of anilines is 1. The van der Waals surface area contributed by atoms with Gasteiger partial charge in [0.25, 0.3) is 5.91 Å². The molecule has 25 heavy (non-hydrogen) atoms. The number of phenolic OH excluding ortho intramolecular Hbond substituents is 1. The molecular weight excluding hydrogens is 431 g/mol. The smallest absolute Gasteiger partial charge is 0.251 e. The number of carbonyl (C=O) groups excluding carboxylic acids is 1. The zero-order valence-corrected chi connectivity index (χ0v) is 16.4. The number of halogens is 1. The second-order valence-electron chi connectivity index (χ2n) is 5.25. The highest BCUT2D eigenvalue weighted by molar-refractivity contribution is 14.0. The number of nitrogens with two attached hydrogens (primary N) is 1. The van der Waals surface area contributed by atoms with E-state index in [1.807, 2.05) is 18.2 Å². The Morgan fingerprint density at radius 1 is 1.20 bits per heavy atom. The van der Waals surface area contributed by atoms with E-state index >= 15 is 0 Å². The first-order chi connectivity index (χ1) is 11.6. The number of phenols is 1. The van der Waals surface area contributed by atoms with Gasteiger partial charge in [-0.15, -0.1) is 24.0 Å². The summed E-state index contributed by atoms with van der Waals surface area (Å²) in [7, 11) is 0. The maximum atomic E-state index is 11.9. The Bertz CT molecular complexity index is 717. The van der Waals surface area contributed by atoms with Crippen molar-refractivity contribution in [2.45, 2.75) is 13.3 Å². The molecule has 0 heterocycles. The Balaban J connectivity index is 0.00000312. The fourth-order valence-electron chi connectivity index (χ4n) is 2.12. The fraction of sp³-hybridized carbons (Fsp3) is 0.222. The summed E-state index contributed by atoms with van der Waals surface area (Å²) in [5, 5.41) is 15.0. The zero-order chi connectivity index (χ0) is 17.4. The molecule has 0 saturated heterocycles. The van der Waals surface area contributed by atoms with Gasteiger partial charge < -0.3 is 21.5 Å². The summed E-state index contributed by atoms with van der Waals surface area (Å²) < 4.78 is 0. The number of aromatic hydroxyl groups is 1. The standard InChI is InChI=1S/C18H22N4O2.HI/c1-2-13-4-3-5-15(12-13)22-18(19)21-11-10-20-17(24)14-6-8-16(23)9-7-14;/h3-9,12,23H,2,10-11H2,1H3,(H,20,24)(H3,19,21,22);1H. The highest BCUT2D eigenvalue weighted by atomic mass is 127. The third kappa shape index (κ3) is 7.00. The SMILES string of the molecule is CCc1cccc(NC(N)=NCCNC(=O)c2ccc(O)cc2)c1.I. The molecule has 1 amide bonds. The molecule has 7 heteroatoms. The maximum absolute atomic E-state index is 11.9. The maximum Gasteiger partial charge on any atom is 0.251 e. The van der Waals surface area contributed by atoms with Crippen LogP contribution in [0.15, 0.2) is 53.5 Å². The van der Waals surface area contributed by atoms with E-state index in [2.05, 4.69) is 28.6 Å². The number of nitrogens with one attached hydrogen (secondary N) is 2. The van der Waals surface area contributed by atoms with Crippen LogP contribution in [0.5, 0.6) is 5.75 Å². The number of guanidine groups is 1. The molecule has 0 saturated carbocycles. The highest BCUT2D eigenvalue weighted by Gasteiger charge is 2.04. The quantitative estimate of drug-likeness (QED) is 0.234. The van der Waals surface area contributed by atoms with Crippen LogP contribution in [0.4, 0.5) is 5.69 Å². The van der Waals surface area contributed by atoms with E-state index in [1.165, 1.54) is 17.7 Å². The van der Waals surface area contributed by atoms with E-state index in [0.717, 1.165) is 12.1 Å².